The van der Waals surface area contributed by atoms with Gasteiger partial charge in [0.25, 0.3) is 0 Å². The zero-order chi connectivity index (χ0) is 10.6. The van der Waals surface area contributed by atoms with Crippen LogP contribution in [0.1, 0.15) is 12.5 Å². The van der Waals surface area contributed by atoms with Crippen molar-refractivity contribution in [3.63, 3.8) is 0 Å². The van der Waals surface area contributed by atoms with E-state index in [9.17, 15) is 13.0 Å². The second kappa shape index (κ2) is 4.54. The van der Waals surface area contributed by atoms with Gasteiger partial charge in [-0.1, -0.05) is 12.1 Å². The molecule has 5 heteroatoms. The van der Waals surface area contributed by atoms with Gasteiger partial charge in [0.1, 0.15) is 10.1 Å². The molecule has 0 saturated carbocycles. The maximum atomic E-state index is 10.6. The minimum Gasteiger partial charge on any atom is -0.744 e. The highest BCUT2D eigenvalue weighted by Crippen LogP contribution is 2.10. The highest BCUT2D eigenvalue weighted by Gasteiger charge is 2.00. The third-order valence-corrected chi connectivity index (χ3v) is 2.53. The van der Waals surface area contributed by atoms with E-state index in [1.807, 2.05) is 6.92 Å². The Morgan fingerprint density at radius 1 is 1.29 bits per heavy atom. The fourth-order valence-electron chi connectivity index (χ4n) is 0.972. The Balaban J connectivity index is 2.79. The van der Waals surface area contributed by atoms with Crippen LogP contribution in [0, 0.1) is 0 Å². The smallest absolute Gasteiger partial charge is 0.124 e. The lowest BCUT2D eigenvalue weighted by atomic mass is 10.2. The molecule has 1 rings (SSSR count). The Hall–Kier alpha value is -0.910. The summed E-state index contributed by atoms with van der Waals surface area (Å²) < 4.78 is 36.8. The summed E-state index contributed by atoms with van der Waals surface area (Å²) in [5.41, 5.74) is 0.847. The van der Waals surface area contributed by atoms with E-state index in [2.05, 4.69) is 0 Å². The predicted octanol–water partition coefficient (Wildman–Crippen LogP) is 1.13. The molecule has 0 spiro atoms. The molecule has 0 aliphatic rings. The van der Waals surface area contributed by atoms with Gasteiger partial charge in [0.15, 0.2) is 0 Å². The van der Waals surface area contributed by atoms with Crippen LogP contribution in [0.4, 0.5) is 0 Å². The van der Waals surface area contributed by atoms with E-state index in [0.29, 0.717) is 13.2 Å². The van der Waals surface area contributed by atoms with Crippen LogP contribution >= 0.6 is 0 Å². The first-order valence-electron chi connectivity index (χ1n) is 4.16. The van der Waals surface area contributed by atoms with E-state index in [1.165, 1.54) is 12.1 Å². The molecule has 0 aliphatic carbocycles. The van der Waals surface area contributed by atoms with Gasteiger partial charge in [0, 0.05) is 6.61 Å². The lowest BCUT2D eigenvalue weighted by Crippen LogP contribution is -1.99. The average Bonchev–Trinajstić information content (AvgIpc) is 2.14. The lowest BCUT2D eigenvalue weighted by molar-refractivity contribution is 0.134. The van der Waals surface area contributed by atoms with E-state index in [1.54, 1.807) is 12.1 Å². The van der Waals surface area contributed by atoms with Crippen molar-refractivity contribution in [3.05, 3.63) is 29.8 Å². The maximum absolute atomic E-state index is 10.6. The van der Waals surface area contributed by atoms with E-state index in [4.69, 9.17) is 4.74 Å². The van der Waals surface area contributed by atoms with Crippen molar-refractivity contribution in [1.29, 1.82) is 0 Å². The second-order valence-electron chi connectivity index (χ2n) is 2.74. The van der Waals surface area contributed by atoms with Crippen molar-refractivity contribution >= 4 is 10.1 Å². The SMILES string of the molecule is CCOCc1ccc(S(=O)(=O)[O-])cc1. The van der Waals surface area contributed by atoms with Crippen LogP contribution in [-0.4, -0.2) is 19.6 Å². The van der Waals surface area contributed by atoms with Gasteiger partial charge >= 0.3 is 0 Å². The summed E-state index contributed by atoms with van der Waals surface area (Å²) >= 11 is 0. The number of benzene rings is 1. The zero-order valence-electron chi connectivity index (χ0n) is 7.76. The molecule has 0 heterocycles. The van der Waals surface area contributed by atoms with Crippen molar-refractivity contribution in [2.24, 2.45) is 0 Å². The largest absolute Gasteiger partial charge is 0.744 e. The number of hydrogen-bond donors (Lipinski definition) is 0. The monoisotopic (exact) mass is 215 g/mol. The third kappa shape index (κ3) is 3.10. The lowest BCUT2D eigenvalue weighted by Gasteiger charge is -2.07. The average molecular weight is 215 g/mol. The Morgan fingerprint density at radius 2 is 1.86 bits per heavy atom. The second-order valence-corrected chi connectivity index (χ2v) is 4.11. The van der Waals surface area contributed by atoms with Gasteiger partial charge in [0.2, 0.25) is 0 Å². The first kappa shape index (κ1) is 11.2. The summed E-state index contributed by atoms with van der Waals surface area (Å²) in [7, 11) is -4.33. The highest BCUT2D eigenvalue weighted by molar-refractivity contribution is 7.85. The third-order valence-electron chi connectivity index (χ3n) is 1.68. The normalized spacial score (nSPS) is 11.6. The van der Waals surface area contributed by atoms with Crippen molar-refractivity contribution in [3.8, 4) is 0 Å². The molecule has 0 bridgehead atoms. The van der Waals surface area contributed by atoms with Crippen LogP contribution in [0.3, 0.4) is 0 Å². The van der Waals surface area contributed by atoms with E-state index in [-0.39, 0.29) is 4.90 Å². The van der Waals surface area contributed by atoms with Gasteiger partial charge in [-0.25, -0.2) is 8.42 Å². The molecule has 1 aromatic carbocycles. The molecule has 4 nitrogen and oxygen atoms in total. The van der Waals surface area contributed by atoms with Crippen LogP contribution in [0.2, 0.25) is 0 Å². The van der Waals surface area contributed by atoms with E-state index < -0.39 is 10.1 Å². The van der Waals surface area contributed by atoms with E-state index >= 15 is 0 Å². The molecule has 0 amide bonds. The molecule has 0 aliphatic heterocycles. The fourth-order valence-corrected chi connectivity index (χ4v) is 1.44. The predicted molar refractivity (Wildman–Crippen MR) is 49.7 cm³/mol. The number of ether oxygens (including phenoxy) is 1. The molecule has 1 aromatic rings. The van der Waals surface area contributed by atoms with Gasteiger partial charge < -0.3 is 9.29 Å². The van der Waals surface area contributed by atoms with Crippen molar-refractivity contribution < 1.29 is 17.7 Å². The van der Waals surface area contributed by atoms with Crippen LogP contribution in [0.25, 0.3) is 0 Å². The minimum atomic E-state index is -4.33. The summed E-state index contributed by atoms with van der Waals surface area (Å²) in [5.74, 6) is 0. The maximum Gasteiger partial charge on any atom is 0.124 e. The molecule has 0 unspecified atom stereocenters. The molecule has 0 atom stereocenters. The number of rotatable bonds is 4. The fraction of sp³-hybridized carbons (Fsp3) is 0.333. The van der Waals surface area contributed by atoms with Crippen LogP contribution in [0.15, 0.2) is 29.2 Å². The van der Waals surface area contributed by atoms with Crippen LogP contribution in [-0.2, 0) is 21.5 Å². The molecule has 0 fully saturated rings. The summed E-state index contributed by atoms with van der Waals surface area (Å²) in [6, 6.07) is 5.72. The highest BCUT2D eigenvalue weighted by atomic mass is 32.2. The topological polar surface area (TPSA) is 66.4 Å². The molecule has 0 radical (unpaired) electrons. The van der Waals surface area contributed by atoms with E-state index in [0.717, 1.165) is 5.56 Å². The van der Waals surface area contributed by atoms with Gasteiger partial charge in [-0.05, 0) is 24.6 Å². The number of hydrogen-bond acceptors (Lipinski definition) is 4. The summed E-state index contributed by atoms with van der Waals surface area (Å²) in [5, 5.41) is 0. The van der Waals surface area contributed by atoms with Gasteiger partial charge in [0.05, 0.1) is 11.5 Å². The minimum absolute atomic E-state index is 0.210. The van der Waals surface area contributed by atoms with Crippen molar-refractivity contribution in [1.82, 2.24) is 0 Å². The molecule has 0 saturated heterocycles. The molecule has 14 heavy (non-hydrogen) atoms. The Bertz CT molecular complexity index is 380. The molecule has 0 N–H and O–H groups in total. The Labute approximate surface area is 83.3 Å². The standard InChI is InChI=1S/C9H12O4S/c1-2-13-7-8-3-5-9(6-4-8)14(10,11)12/h3-6H,2,7H2,1H3,(H,10,11,12)/p-1. The summed E-state index contributed by atoms with van der Waals surface area (Å²) in [4.78, 5) is -0.210. The first-order chi connectivity index (χ1) is 6.54. The first-order valence-corrected chi connectivity index (χ1v) is 5.57. The van der Waals surface area contributed by atoms with Crippen LogP contribution in [0.5, 0.6) is 0 Å². The van der Waals surface area contributed by atoms with Gasteiger partial charge in [-0.2, -0.15) is 0 Å². The molecular formula is C9H11O4S-. The zero-order valence-corrected chi connectivity index (χ0v) is 8.58. The van der Waals surface area contributed by atoms with Crippen molar-refractivity contribution in [2.75, 3.05) is 6.61 Å². The van der Waals surface area contributed by atoms with Crippen molar-refractivity contribution in [2.45, 2.75) is 18.4 Å². The van der Waals surface area contributed by atoms with Gasteiger partial charge in [-0.3, -0.25) is 0 Å². The Morgan fingerprint density at radius 3 is 2.29 bits per heavy atom. The molecule has 0 aromatic heterocycles. The van der Waals surface area contributed by atoms with Gasteiger partial charge in [-0.15, -0.1) is 0 Å². The Kier molecular flexibility index (Phi) is 3.62. The molecule has 78 valence electrons. The van der Waals surface area contributed by atoms with Crippen LogP contribution < -0.4 is 0 Å². The summed E-state index contributed by atoms with van der Waals surface area (Å²) in [6.07, 6.45) is 0. The quantitative estimate of drug-likeness (QED) is 0.706. The summed E-state index contributed by atoms with van der Waals surface area (Å²) in [6.45, 7) is 2.90. The molecular weight excluding hydrogens is 204 g/mol.